The highest BCUT2D eigenvalue weighted by atomic mass is 16.2. The second-order valence-corrected chi connectivity index (χ2v) is 4.92. The lowest BCUT2D eigenvalue weighted by molar-refractivity contribution is -0.134. The highest BCUT2D eigenvalue weighted by molar-refractivity contribution is 5.80. The summed E-state index contributed by atoms with van der Waals surface area (Å²) in [4.78, 5) is 25.1. The molecule has 0 aromatic rings. The Bertz CT molecular complexity index is 294. The molecule has 2 amide bonds. The van der Waals surface area contributed by atoms with E-state index in [4.69, 9.17) is 0 Å². The number of carbonyl (C=O) groups excluding carboxylic acids is 2. The van der Waals surface area contributed by atoms with Crippen LogP contribution in [0.2, 0.25) is 0 Å². The Morgan fingerprint density at radius 1 is 1.18 bits per heavy atom. The predicted octanol–water partition coefficient (Wildman–Crippen LogP) is -0.277. The Kier molecular flexibility index (Phi) is 3.99. The first-order chi connectivity index (χ1) is 8.20. The monoisotopic (exact) mass is 239 g/mol. The fourth-order valence-corrected chi connectivity index (χ4v) is 2.23. The maximum absolute atomic E-state index is 11.8. The molecule has 0 radical (unpaired) electrons. The molecule has 1 heterocycles. The summed E-state index contributed by atoms with van der Waals surface area (Å²) in [7, 11) is 1.67. The molecule has 17 heavy (non-hydrogen) atoms. The molecule has 2 aliphatic rings. The number of carbonyl (C=O) groups is 2. The molecular formula is C12H21N3O2. The van der Waals surface area contributed by atoms with Gasteiger partial charge >= 0.3 is 0 Å². The summed E-state index contributed by atoms with van der Waals surface area (Å²) in [5.41, 5.74) is 0. The molecule has 0 aromatic heterocycles. The van der Waals surface area contributed by atoms with Gasteiger partial charge in [-0.25, -0.2) is 0 Å². The van der Waals surface area contributed by atoms with Gasteiger partial charge in [0.05, 0.1) is 6.54 Å². The predicted molar refractivity (Wildman–Crippen MR) is 64.4 cm³/mol. The van der Waals surface area contributed by atoms with Crippen LogP contribution < -0.4 is 10.6 Å². The van der Waals surface area contributed by atoms with Gasteiger partial charge in [-0.05, 0) is 25.7 Å². The van der Waals surface area contributed by atoms with Gasteiger partial charge in [0.15, 0.2) is 0 Å². The fraction of sp³-hybridized carbons (Fsp3) is 0.833. The molecule has 2 N–H and O–H groups in total. The molecule has 2 rings (SSSR count). The number of hydrogen-bond acceptors (Lipinski definition) is 3. The van der Waals surface area contributed by atoms with Gasteiger partial charge in [-0.15, -0.1) is 0 Å². The van der Waals surface area contributed by atoms with Crippen LogP contribution in [0.3, 0.4) is 0 Å². The number of likely N-dealkylation sites (tertiary alicyclic amines) is 1. The van der Waals surface area contributed by atoms with Crippen LogP contribution in [-0.2, 0) is 9.59 Å². The highest BCUT2D eigenvalue weighted by Gasteiger charge is 2.27. The molecule has 5 nitrogen and oxygen atoms in total. The molecular weight excluding hydrogens is 218 g/mol. The summed E-state index contributed by atoms with van der Waals surface area (Å²) in [6, 6.07) is 0.572. The number of rotatable bonds is 4. The molecule has 2 fully saturated rings. The first-order valence-electron chi connectivity index (χ1n) is 6.43. The van der Waals surface area contributed by atoms with Crippen molar-refractivity contribution < 1.29 is 9.59 Å². The molecule has 0 atom stereocenters. The maximum Gasteiger partial charge on any atom is 0.236 e. The summed E-state index contributed by atoms with van der Waals surface area (Å²) in [5, 5.41) is 5.90. The van der Waals surface area contributed by atoms with Crippen molar-refractivity contribution >= 4 is 11.8 Å². The molecule has 1 saturated heterocycles. The molecule has 0 aromatic carbocycles. The van der Waals surface area contributed by atoms with Gasteiger partial charge < -0.3 is 15.5 Å². The van der Waals surface area contributed by atoms with Crippen molar-refractivity contribution in [1.29, 1.82) is 0 Å². The van der Waals surface area contributed by atoms with Crippen molar-refractivity contribution in [1.82, 2.24) is 15.5 Å². The maximum atomic E-state index is 11.8. The van der Waals surface area contributed by atoms with Crippen molar-refractivity contribution in [3.05, 3.63) is 0 Å². The average Bonchev–Trinajstić information content (AvgIpc) is 3.19. The lowest BCUT2D eigenvalue weighted by Gasteiger charge is -2.31. The first-order valence-corrected chi connectivity index (χ1v) is 6.43. The third-order valence-electron chi connectivity index (χ3n) is 3.58. The number of amides is 2. The molecule has 96 valence electrons. The summed E-state index contributed by atoms with van der Waals surface area (Å²) in [5.74, 6) is 0.362. The summed E-state index contributed by atoms with van der Waals surface area (Å²) >= 11 is 0. The van der Waals surface area contributed by atoms with Gasteiger partial charge in [0.25, 0.3) is 0 Å². The van der Waals surface area contributed by atoms with Crippen LogP contribution in [0.5, 0.6) is 0 Å². The minimum Gasteiger partial charge on any atom is -0.359 e. The van der Waals surface area contributed by atoms with Crippen molar-refractivity contribution in [3.63, 3.8) is 0 Å². The zero-order chi connectivity index (χ0) is 12.3. The van der Waals surface area contributed by atoms with E-state index in [2.05, 4.69) is 10.6 Å². The van der Waals surface area contributed by atoms with Gasteiger partial charge in [0.1, 0.15) is 0 Å². The third-order valence-corrected chi connectivity index (χ3v) is 3.58. The normalized spacial score (nSPS) is 21.4. The van der Waals surface area contributed by atoms with Crippen LogP contribution in [0.25, 0.3) is 0 Å². The largest absolute Gasteiger partial charge is 0.359 e. The molecule has 1 aliphatic heterocycles. The Morgan fingerprint density at radius 2 is 1.82 bits per heavy atom. The Morgan fingerprint density at radius 3 is 2.35 bits per heavy atom. The van der Waals surface area contributed by atoms with Gasteiger partial charge in [0.2, 0.25) is 11.8 Å². The van der Waals surface area contributed by atoms with Crippen LogP contribution in [0, 0.1) is 5.92 Å². The van der Waals surface area contributed by atoms with E-state index in [1.807, 2.05) is 4.90 Å². The molecule has 0 spiro atoms. The van der Waals surface area contributed by atoms with E-state index < -0.39 is 0 Å². The van der Waals surface area contributed by atoms with E-state index >= 15 is 0 Å². The van der Waals surface area contributed by atoms with Gasteiger partial charge in [0, 0.05) is 32.1 Å². The number of nitrogens with zero attached hydrogens (tertiary/aromatic N) is 1. The quantitative estimate of drug-likeness (QED) is 0.709. The van der Waals surface area contributed by atoms with E-state index in [-0.39, 0.29) is 17.7 Å². The average molecular weight is 239 g/mol. The minimum absolute atomic E-state index is 0.0837. The van der Waals surface area contributed by atoms with Gasteiger partial charge in [-0.3, -0.25) is 9.59 Å². The third kappa shape index (κ3) is 3.43. The van der Waals surface area contributed by atoms with Crippen molar-refractivity contribution in [2.24, 2.45) is 5.92 Å². The standard InChI is InChI=1S/C12H21N3O2/c1-13-12(17)9-4-6-15(7-5-9)11(16)8-14-10-2-3-10/h9-10,14H,2-8H2,1H3,(H,13,17). The van der Waals surface area contributed by atoms with Crippen LogP contribution in [0.1, 0.15) is 25.7 Å². The van der Waals surface area contributed by atoms with Crippen LogP contribution in [0.15, 0.2) is 0 Å². The molecule has 5 heteroatoms. The molecule has 1 saturated carbocycles. The van der Waals surface area contributed by atoms with Crippen LogP contribution >= 0.6 is 0 Å². The first kappa shape index (κ1) is 12.4. The van der Waals surface area contributed by atoms with Crippen molar-refractivity contribution in [2.75, 3.05) is 26.7 Å². The number of piperidine rings is 1. The second kappa shape index (κ2) is 5.49. The number of nitrogens with one attached hydrogen (secondary N) is 2. The van der Waals surface area contributed by atoms with E-state index in [1.165, 1.54) is 12.8 Å². The summed E-state index contributed by atoms with van der Waals surface area (Å²) in [6.45, 7) is 1.88. The summed E-state index contributed by atoms with van der Waals surface area (Å²) in [6.07, 6.45) is 3.97. The topological polar surface area (TPSA) is 61.4 Å². The van der Waals surface area contributed by atoms with Crippen molar-refractivity contribution in [3.8, 4) is 0 Å². The fourth-order valence-electron chi connectivity index (χ4n) is 2.23. The van der Waals surface area contributed by atoms with Crippen LogP contribution in [-0.4, -0.2) is 49.4 Å². The lowest BCUT2D eigenvalue weighted by Crippen LogP contribution is -2.45. The SMILES string of the molecule is CNC(=O)C1CCN(C(=O)CNC2CC2)CC1. The Hall–Kier alpha value is -1.10. The van der Waals surface area contributed by atoms with Gasteiger partial charge in [-0.2, -0.15) is 0 Å². The minimum atomic E-state index is 0.0837. The van der Waals surface area contributed by atoms with Crippen LogP contribution in [0.4, 0.5) is 0 Å². The smallest absolute Gasteiger partial charge is 0.236 e. The zero-order valence-corrected chi connectivity index (χ0v) is 10.4. The highest BCUT2D eigenvalue weighted by Crippen LogP contribution is 2.19. The molecule has 1 aliphatic carbocycles. The number of hydrogen-bond donors (Lipinski definition) is 2. The molecule has 0 unspecified atom stereocenters. The summed E-state index contributed by atoms with van der Waals surface area (Å²) < 4.78 is 0. The van der Waals surface area contributed by atoms with E-state index in [0.717, 1.165) is 12.8 Å². The molecule has 0 bridgehead atoms. The Labute approximate surface area is 102 Å². The van der Waals surface area contributed by atoms with E-state index in [9.17, 15) is 9.59 Å². The van der Waals surface area contributed by atoms with Crippen molar-refractivity contribution in [2.45, 2.75) is 31.7 Å². The second-order valence-electron chi connectivity index (χ2n) is 4.92. The van der Waals surface area contributed by atoms with E-state index in [0.29, 0.717) is 25.7 Å². The Balaban J connectivity index is 1.69. The van der Waals surface area contributed by atoms with Gasteiger partial charge in [-0.1, -0.05) is 0 Å². The lowest BCUT2D eigenvalue weighted by atomic mass is 9.96. The van der Waals surface area contributed by atoms with E-state index in [1.54, 1.807) is 7.05 Å². The zero-order valence-electron chi connectivity index (χ0n) is 10.4.